The highest BCUT2D eigenvalue weighted by molar-refractivity contribution is 5.89. The van der Waals surface area contributed by atoms with Gasteiger partial charge in [0.15, 0.2) is 5.75 Å². The van der Waals surface area contributed by atoms with Crippen molar-refractivity contribution in [2.75, 3.05) is 21.3 Å². The highest BCUT2D eigenvalue weighted by atomic mass is 16.6. The molecule has 10 heteroatoms. The molecule has 0 aliphatic heterocycles. The van der Waals surface area contributed by atoms with Gasteiger partial charge in [-0.3, -0.25) is 19.4 Å². The normalized spacial score (nSPS) is 12.7. The fourth-order valence-corrected chi connectivity index (χ4v) is 7.15. The van der Waals surface area contributed by atoms with Gasteiger partial charge in [0.05, 0.1) is 44.8 Å². The number of aryl methyl sites for hydroxylation is 1. The molecule has 0 spiro atoms. The summed E-state index contributed by atoms with van der Waals surface area (Å²) in [5.74, 6) is -0.991. The van der Waals surface area contributed by atoms with Gasteiger partial charge in [-0.05, 0) is 113 Å². The van der Waals surface area contributed by atoms with Gasteiger partial charge in [-0.15, -0.1) is 0 Å². The van der Waals surface area contributed by atoms with Crippen LogP contribution < -0.4 is 18.9 Å². The summed E-state index contributed by atoms with van der Waals surface area (Å²) in [5.41, 5.74) is 3.52. The molecular formula is C50H47NO9. The van der Waals surface area contributed by atoms with Crippen LogP contribution in [0.3, 0.4) is 0 Å². The first-order chi connectivity index (χ1) is 29.0. The number of hydrogen-bond acceptors (Lipinski definition) is 10. The molecule has 10 nitrogen and oxygen atoms in total. The largest absolute Gasteiger partial charge is 0.497 e. The molecule has 3 atom stereocenters. The fraction of sp³-hybridized carbons (Fsp3) is 0.240. The van der Waals surface area contributed by atoms with Crippen molar-refractivity contribution in [1.82, 2.24) is 4.98 Å². The Morgan fingerprint density at radius 1 is 0.500 bits per heavy atom. The van der Waals surface area contributed by atoms with Crippen molar-refractivity contribution in [3.8, 4) is 23.0 Å². The lowest BCUT2D eigenvalue weighted by atomic mass is 9.97. The summed E-state index contributed by atoms with van der Waals surface area (Å²) in [7, 11) is 4.86. The quantitative estimate of drug-likeness (QED) is 0.0983. The number of esters is 3. The number of fused-ring (bicyclic) bond motifs is 3. The van der Waals surface area contributed by atoms with Crippen LogP contribution in [0.4, 0.5) is 0 Å². The van der Waals surface area contributed by atoms with Crippen LogP contribution in [-0.2, 0) is 37.1 Å². The van der Waals surface area contributed by atoms with E-state index >= 15 is 0 Å². The van der Waals surface area contributed by atoms with Crippen molar-refractivity contribution in [3.05, 3.63) is 149 Å². The summed E-state index contributed by atoms with van der Waals surface area (Å²) in [6.45, 7) is 6.58. The molecular weight excluding hydrogens is 759 g/mol. The van der Waals surface area contributed by atoms with Gasteiger partial charge in [0, 0.05) is 17.3 Å². The Bertz CT molecular complexity index is 2740. The summed E-state index contributed by atoms with van der Waals surface area (Å²) in [6.07, 6.45) is 1.55. The molecule has 1 aromatic heterocycles. The highest BCUT2D eigenvalue weighted by Crippen LogP contribution is 2.33. The lowest BCUT2D eigenvalue weighted by Gasteiger charge is -2.20. The lowest BCUT2D eigenvalue weighted by molar-refractivity contribution is -0.148. The molecule has 0 fully saturated rings. The predicted molar refractivity (Wildman–Crippen MR) is 231 cm³/mol. The number of hydrogen-bond donors (Lipinski definition) is 0. The molecule has 7 rings (SSSR count). The van der Waals surface area contributed by atoms with E-state index in [9.17, 15) is 14.4 Å². The van der Waals surface area contributed by atoms with Gasteiger partial charge >= 0.3 is 17.9 Å². The second-order valence-electron chi connectivity index (χ2n) is 14.9. The third kappa shape index (κ3) is 8.88. The van der Waals surface area contributed by atoms with Crippen LogP contribution >= 0.6 is 0 Å². The number of carbonyl (C=O) groups excluding carboxylic acids is 3. The second-order valence-corrected chi connectivity index (χ2v) is 14.9. The van der Waals surface area contributed by atoms with Gasteiger partial charge in [-0.1, -0.05) is 72.8 Å². The maximum absolute atomic E-state index is 13.9. The van der Waals surface area contributed by atoms with E-state index in [0.29, 0.717) is 16.8 Å². The lowest BCUT2D eigenvalue weighted by Crippen LogP contribution is -2.20. The minimum atomic E-state index is -0.662. The molecule has 0 aliphatic rings. The number of benzene rings is 6. The number of aromatic nitrogens is 1. The molecule has 0 saturated carbocycles. The second kappa shape index (κ2) is 17.9. The molecule has 0 saturated heterocycles. The van der Waals surface area contributed by atoms with Crippen LogP contribution in [0, 0.1) is 6.92 Å². The summed E-state index contributed by atoms with van der Waals surface area (Å²) in [4.78, 5) is 45.7. The van der Waals surface area contributed by atoms with E-state index in [1.54, 1.807) is 55.2 Å². The Hall–Kier alpha value is -6.94. The Labute approximate surface area is 349 Å². The Morgan fingerprint density at radius 2 is 0.867 bits per heavy atom. The molecule has 0 bridgehead atoms. The summed E-state index contributed by atoms with van der Waals surface area (Å²) >= 11 is 0. The number of nitrogens with zero attached hydrogens (tertiary/aromatic N) is 1. The summed E-state index contributed by atoms with van der Waals surface area (Å²) < 4.78 is 34.1. The third-order valence-corrected chi connectivity index (χ3v) is 11.1. The van der Waals surface area contributed by atoms with Gasteiger partial charge < -0.3 is 28.4 Å². The Kier molecular flexibility index (Phi) is 12.3. The monoisotopic (exact) mass is 805 g/mol. The summed E-state index contributed by atoms with van der Waals surface area (Å²) in [5, 5.41) is 5.79. The van der Waals surface area contributed by atoms with Crippen molar-refractivity contribution in [3.63, 3.8) is 0 Å². The number of methoxy groups -OCH3 is 3. The van der Waals surface area contributed by atoms with Crippen molar-refractivity contribution < 1.29 is 42.8 Å². The third-order valence-electron chi connectivity index (χ3n) is 11.1. The van der Waals surface area contributed by atoms with Gasteiger partial charge in [-0.25, -0.2) is 0 Å². The fourth-order valence-electron chi connectivity index (χ4n) is 7.15. The maximum atomic E-state index is 13.9. The number of carbonyl (C=O) groups is 3. The van der Waals surface area contributed by atoms with Gasteiger partial charge in [-0.2, -0.15) is 0 Å². The smallest absolute Gasteiger partial charge is 0.318 e. The van der Waals surface area contributed by atoms with Crippen LogP contribution in [0.5, 0.6) is 23.0 Å². The van der Waals surface area contributed by atoms with Crippen LogP contribution in [0.2, 0.25) is 0 Å². The van der Waals surface area contributed by atoms with Crippen LogP contribution in [0.25, 0.3) is 32.3 Å². The topological polar surface area (TPSA) is 119 Å². The van der Waals surface area contributed by atoms with E-state index < -0.39 is 35.7 Å². The molecule has 6 aromatic carbocycles. The minimum absolute atomic E-state index is 0.143. The zero-order chi connectivity index (χ0) is 42.5. The van der Waals surface area contributed by atoms with E-state index in [2.05, 4.69) is 4.98 Å². The average Bonchev–Trinajstić information content (AvgIpc) is 3.28. The zero-order valence-corrected chi connectivity index (χ0v) is 34.7. The standard InChI is InChI=1S/C50H47NO9/c1-29(33-8-11-39-23-43(55-5)17-14-36(39)20-33)48(52)58-27-42-26-51-32(4)47(60-50(54)31(3)35-10-13-41-25-45(57-7)19-16-38(41)22-35)46(42)28-59-49(53)30(2)34-9-12-40-24-44(56-6)18-15-37(40)21-34/h8-26,29-31H,27-28H2,1-7H3/t29-,30-,31-/m0/s1. The van der Waals surface area contributed by atoms with Crippen molar-refractivity contribution in [1.29, 1.82) is 0 Å². The van der Waals surface area contributed by atoms with Crippen LogP contribution in [-0.4, -0.2) is 44.2 Å². The van der Waals surface area contributed by atoms with E-state index in [0.717, 1.165) is 66.3 Å². The molecule has 7 aromatic rings. The maximum Gasteiger partial charge on any atom is 0.318 e. The molecule has 0 aliphatic carbocycles. The Morgan fingerprint density at radius 3 is 1.28 bits per heavy atom. The number of rotatable bonds is 14. The molecule has 0 radical (unpaired) electrons. The highest BCUT2D eigenvalue weighted by Gasteiger charge is 2.26. The zero-order valence-electron chi connectivity index (χ0n) is 34.7. The first-order valence-electron chi connectivity index (χ1n) is 19.7. The van der Waals surface area contributed by atoms with Crippen LogP contribution in [0.15, 0.2) is 115 Å². The Balaban J connectivity index is 1.14. The predicted octanol–water partition coefficient (Wildman–Crippen LogP) is 10.3. The van der Waals surface area contributed by atoms with E-state index in [-0.39, 0.29) is 19.0 Å². The van der Waals surface area contributed by atoms with Gasteiger partial charge in [0.1, 0.15) is 30.5 Å². The van der Waals surface area contributed by atoms with Gasteiger partial charge in [0.25, 0.3) is 0 Å². The molecule has 60 heavy (non-hydrogen) atoms. The minimum Gasteiger partial charge on any atom is -0.497 e. The first kappa shape index (κ1) is 41.2. The molecule has 0 unspecified atom stereocenters. The molecule has 0 N–H and O–H groups in total. The van der Waals surface area contributed by atoms with E-state index in [1.165, 1.54) is 0 Å². The van der Waals surface area contributed by atoms with Crippen molar-refractivity contribution >= 4 is 50.2 Å². The molecule has 306 valence electrons. The number of pyridine rings is 1. The summed E-state index contributed by atoms with van der Waals surface area (Å²) in [6, 6.07) is 34.6. The van der Waals surface area contributed by atoms with Crippen molar-refractivity contribution in [2.45, 2.75) is 58.7 Å². The number of ether oxygens (including phenoxy) is 6. The van der Waals surface area contributed by atoms with Gasteiger partial charge in [0.2, 0.25) is 0 Å². The van der Waals surface area contributed by atoms with E-state index in [4.69, 9.17) is 28.4 Å². The van der Waals surface area contributed by atoms with E-state index in [1.807, 2.05) is 109 Å². The average molecular weight is 806 g/mol. The molecule has 1 heterocycles. The molecule has 0 amide bonds. The first-order valence-corrected chi connectivity index (χ1v) is 19.7. The van der Waals surface area contributed by atoms with Crippen molar-refractivity contribution in [2.24, 2.45) is 0 Å². The SMILES string of the molecule is COc1ccc2cc([C@H](C)C(=O)OCc3cnc(C)c(OC(=O)[C@@H](C)c4ccc5cc(OC)ccc5c4)c3COC(=O)[C@@H](C)c3ccc4cc(OC)ccc4c3)ccc2c1. The van der Waals surface area contributed by atoms with Crippen LogP contribution in [0.1, 0.15) is 72.0 Å².